The molecule has 0 aliphatic carbocycles. The third-order valence-corrected chi connectivity index (χ3v) is 0.811. The third kappa shape index (κ3) is 4.02. The summed E-state index contributed by atoms with van der Waals surface area (Å²) in [6.07, 6.45) is -0.00856. The molecule has 0 bridgehead atoms. The van der Waals surface area contributed by atoms with Gasteiger partial charge in [0.1, 0.15) is 6.67 Å². The average molecular weight is 121 g/mol. The maximum Gasteiger partial charge on any atom is 0.113 e. The molecule has 0 rings (SSSR count). The molecule has 0 fully saturated rings. The first kappa shape index (κ1) is 7.85. The maximum absolute atomic E-state index is 11.3. The fourth-order valence-electron chi connectivity index (χ4n) is 0.314. The van der Waals surface area contributed by atoms with Gasteiger partial charge in [0.2, 0.25) is 0 Å². The first-order valence-corrected chi connectivity index (χ1v) is 2.69. The highest BCUT2D eigenvalue weighted by Gasteiger charge is 1.95. The molecule has 0 aromatic carbocycles. The van der Waals surface area contributed by atoms with Gasteiger partial charge in [0.15, 0.2) is 0 Å². The molecule has 0 aromatic rings. The Bertz CT molecular complexity index is 51.7. The van der Waals surface area contributed by atoms with Crippen LogP contribution < -0.4 is 5.73 Å². The standard InChI is InChI=1S/C5H12FNO/c1-5(4-7)8-3-2-6/h5H,2-4,7H2,1H3. The van der Waals surface area contributed by atoms with E-state index in [0.717, 1.165) is 0 Å². The van der Waals surface area contributed by atoms with E-state index in [1.165, 1.54) is 0 Å². The minimum Gasteiger partial charge on any atom is -0.374 e. The van der Waals surface area contributed by atoms with E-state index in [0.29, 0.717) is 6.54 Å². The Hall–Kier alpha value is -0.150. The average Bonchev–Trinajstić information content (AvgIpc) is 1.83. The van der Waals surface area contributed by atoms with Crippen molar-refractivity contribution in [1.29, 1.82) is 0 Å². The van der Waals surface area contributed by atoms with Crippen molar-refractivity contribution in [3.8, 4) is 0 Å². The zero-order chi connectivity index (χ0) is 6.41. The van der Waals surface area contributed by atoms with Crippen LogP contribution in [0.3, 0.4) is 0 Å². The molecule has 8 heavy (non-hydrogen) atoms. The quantitative estimate of drug-likeness (QED) is 0.581. The van der Waals surface area contributed by atoms with Gasteiger partial charge in [-0.05, 0) is 6.92 Å². The summed E-state index contributed by atoms with van der Waals surface area (Å²) in [5, 5.41) is 0. The van der Waals surface area contributed by atoms with Crippen molar-refractivity contribution in [2.24, 2.45) is 5.73 Å². The molecule has 3 heteroatoms. The first-order valence-electron chi connectivity index (χ1n) is 2.69. The number of halogens is 1. The van der Waals surface area contributed by atoms with Gasteiger partial charge < -0.3 is 10.5 Å². The van der Waals surface area contributed by atoms with E-state index in [1.54, 1.807) is 0 Å². The molecule has 0 radical (unpaired) electrons. The Kier molecular flexibility index (Phi) is 4.90. The second kappa shape index (κ2) is 5.00. The summed E-state index contributed by atoms with van der Waals surface area (Å²) in [5.74, 6) is 0. The summed E-state index contributed by atoms with van der Waals surface area (Å²) in [5.41, 5.74) is 5.17. The second-order valence-corrected chi connectivity index (χ2v) is 1.61. The van der Waals surface area contributed by atoms with Gasteiger partial charge in [-0.15, -0.1) is 0 Å². The third-order valence-electron chi connectivity index (χ3n) is 0.811. The summed E-state index contributed by atoms with van der Waals surface area (Å²) in [4.78, 5) is 0. The van der Waals surface area contributed by atoms with Crippen LogP contribution in [0.25, 0.3) is 0 Å². The molecule has 0 heterocycles. The molecule has 0 saturated carbocycles. The van der Waals surface area contributed by atoms with E-state index in [9.17, 15) is 4.39 Å². The highest BCUT2D eigenvalue weighted by atomic mass is 19.1. The van der Waals surface area contributed by atoms with Crippen molar-refractivity contribution < 1.29 is 9.13 Å². The summed E-state index contributed by atoms with van der Waals surface area (Å²) in [7, 11) is 0. The predicted octanol–water partition coefficient (Wildman–Crippen LogP) is 0.320. The fourth-order valence-corrected chi connectivity index (χ4v) is 0.314. The fraction of sp³-hybridized carbons (Fsp3) is 1.00. The van der Waals surface area contributed by atoms with Crippen molar-refractivity contribution >= 4 is 0 Å². The van der Waals surface area contributed by atoms with Crippen LogP contribution in [0, 0.1) is 0 Å². The van der Waals surface area contributed by atoms with Crippen molar-refractivity contribution in [3.05, 3.63) is 0 Å². The summed E-state index contributed by atoms with van der Waals surface area (Å²) >= 11 is 0. The van der Waals surface area contributed by atoms with E-state index in [2.05, 4.69) is 0 Å². The molecule has 0 spiro atoms. The van der Waals surface area contributed by atoms with E-state index in [-0.39, 0.29) is 12.7 Å². The molecule has 0 aliphatic rings. The Morgan fingerprint density at radius 2 is 2.38 bits per heavy atom. The van der Waals surface area contributed by atoms with Gasteiger partial charge >= 0.3 is 0 Å². The second-order valence-electron chi connectivity index (χ2n) is 1.61. The lowest BCUT2D eigenvalue weighted by atomic mass is 10.4. The van der Waals surface area contributed by atoms with Crippen LogP contribution in [0.15, 0.2) is 0 Å². The van der Waals surface area contributed by atoms with E-state index < -0.39 is 6.67 Å². The lowest BCUT2D eigenvalue weighted by Gasteiger charge is -2.06. The van der Waals surface area contributed by atoms with Crippen LogP contribution in [0.5, 0.6) is 0 Å². The minimum absolute atomic E-state index is 0.00856. The lowest BCUT2D eigenvalue weighted by molar-refractivity contribution is 0.0618. The van der Waals surface area contributed by atoms with Crippen molar-refractivity contribution in [2.45, 2.75) is 13.0 Å². The van der Waals surface area contributed by atoms with Crippen molar-refractivity contribution in [1.82, 2.24) is 0 Å². The van der Waals surface area contributed by atoms with E-state index >= 15 is 0 Å². The molecule has 0 amide bonds. The number of rotatable bonds is 4. The number of hydrogen-bond donors (Lipinski definition) is 1. The molecule has 0 aromatic heterocycles. The highest BCUT2D eigenvalue weighted by Crippen LogP contribution is 1.85. The topological polar surface area (TPSA) is 35.2 Å². The molecular weight excluding hydrogens is 109 g/mol. The largest absolute Gasteiger partial charge is 0.374 e. The van der Waals surface area contributed by atoms with E-state index in [1.807, 2.05) is 6.92 Å². The van der Waals surface area contributed by atoms with Crippen LogP contribution >= 0.6 is 0 Å². The van der Waals surface area contributed by atoms with E-state index in [4.69, 9.17) is 10.5 Å². The van der Waals surface area contributed by atoms with Crippen LogP contribution in [-0.2, 0) is 4.74 Å². The molecule has 0 saturated heterocycles. The maximum atomic E-state index is 11.3. The van der Waals surface area contributed by atoms with Gasteiger partial charge in [-0.1, -0.05) is 0 Å². The monoisotopic (exact) mass is 121 g/mol. The Labute approximate surface area is 48.8 Å². The number of hydrogen-bond acceptors (Lipinski definition) is 2. The van der Waals surface area contributed by atoms with Gasteiger partial charge in [-0.3, -0.25) is 0 Å². The normalized spacial score (nSPS) is 13.9. The lowest BCUT2D eigenvalue weighted by Crippen LogP contribution is -2.20. The molecule has 50 valence electrons. The highest BCUT2D eigenvalue weighted by molar-refractivity contribution is 4.46. The van der Waals surface area contributed by atoms with Crippen LogP contribution in [0.4, 0.5) is 4.39 Å². The first-order chi connectivity index (χ1) is 3.81. The van der Waals surface area contributed by atoms with Crippen LogP contribution in [0.2, 0.25) is 0 Å². The molecule has 1 unspecified atom stereocenters. The summed E-state index contributed by atoms with van der Waals surface area (Å²) in [6, 6.07) is 0. The summed E-state index contributed by atoms with van der Waals surface area (Å²) in [6.45, 7) is 2.01. The molecule has 2 N–H and O–H groups in total. The number of ether oxygens (including phenoxy) is 1. The van der Waals surface area contributed by atoms with Gasteiger partial charge in [0.05, 0.1) is 12.7 Å². The Morgan fingerprint density at radius 1 is 1.75 bits per heavy atom. The zero-order valence-electron chi connectivity index (χ0n) is 5.06. The molecule has 0 aliphatic heterocycles. The van der Waals surface area contributed by atoms with Crippen LogP contribution in [0.1, 0.15) is 6.92 Å². The van der Waals surface area contributed by atoms with Gasteiger partial charge in [0.25, 0.3) is 0 Å². The van der Waals surface area contributed by atoms with Crippen molar-refractivity contribution in [3.63, 3.8) is 0 Å². The molecule has 1 atom stereocenters. The number of alkyl halides is 1. The Morgan fingerprint density at radius 3 is 2.75 bits per heavy atom. The zero-order valence-corrected chi connectivity index (χ0v) is 5.06. The minimum atomic E-state index is -0.426. The van der Waals surface area contributed by atoms with Crippen LogP contribution in [-0.4, -0.2) is 25.9 Å². The smallest absolute Gasteiger partial charge is 0.113 e. The number of nitrogens with two attached hydrogens (primary N) is 1. The van der Waals surface area contributed by atoms with Gasteiger partial charge in [0, 0.05) is 6.54 Å². The predicted molar refractivity (Wildman–Crippen MR) is 30.4 cm³/mol. The summed E-state index contributed by atoms with van der Waals surface area (Å²) < 4.78 is 16.2. The molecule has 2 nitrogen and oxygen atoms in total. The van der Waals surface area contributed by atoms with Gasteiger partial charge in [-0.2, -0.15) is 0 Å². The molecular formula is C5H12FNO. The SMILES string of the molecule is CC(CN)OCCF. The van der Waals surface area contributed by atoms with Crippen molar-refractivity contribution in [2.75, 3.05) is 19.8 Å². The van der Waals surface area contributed by atoms with Gasteiger partial charge in [-0.25, -0.2) is 4.39 Å². The Balaban J connectivity index is 2.86.